The summed E-state index contributed by atoms with van der Waals surface area (Å²) >= 11 is 0. The molecule has 1 heterocycles. The van der Waals surface area contributed by atoms with Crippen molar-refractivity contribution in [2.45, 2.75) is 54.8 Å². The van der Waals surface area contributed by atoms with Gasteiger partial charge in [0, 0.05) is 16.7 Å². The molecule has 16 rings (SSSR count). The number of rotatable bonds is 7. The highest BCUT2D eigenvalue weighted by Crippen LogP contribution is 2.67. The molecule has 0 radical (unpaired) electrons. The van der Waals surface area contributed by atoms with E-state index in [2.05, 4.69) is 170 Å². The van der Waals surface area contributed by atoms with Crippen LogP contribution in [0.3, 0.4) is 0 Å². The summed E-state index contributed by atoms with van der Waals surface area (Å²) in [4.78, 5) is 15.4. The lowest BCUT2D eigenvalue weighted by Gasteiger charge is -2.63. The predicted molar refractivity (Wildman–Crippen MR) is 293 cm³/mol. The van der Waals surface area contributed by atoms with E-state index in [1.807, 2.05) is 54.6 Å². The van der Waals surface area contributed by atoms with Crippen LogP contribution in [0.1, 0.15) is 77.5 Å². The Hall–Kier alpha value is -8.52. The fourth-order valence-corrected chi connectivity index (χ4v) is 15.1. The van der Waals surface area contributed by atoms with Gasteiger partial charge in [-0.1, -0.05) is 194 Å². The molecule has 0 saturated heterocycles. The number of hydrogen-bond acceptors (Lipinski definition) is 4. The van der Waals surface area contributed by atoms with E-state index < -0.39 is 5.41 Å². The molecule has 0 N–H and O–H groups in total. The Morgan fingerprint density at radius 3 is 1.29 bits per heavy atom. The number of aromatic nitrogens is 3. The van der Waals surface area contributed by atoms with Crippen molar-refractivity contribution in [2.24, 2.45) is 11.8 Å². The zero-order valence-corrected chi connectivity index (χ0v) is 40.5. The van der Waals surface area contributed by atoms with Gasteiger partial charge < -0.3 is 0 Å². The molecule has 0 aliphatic heterocycles. The molecule has 4 heteroatoms. The standard InChI is InChI=1S/C69H50N4/c70-42-44-12-11-17-51(35-44)47-22-28-54(29-23-47)67-38-45-34-46(39-67)41-68(40-45,43-67)55-30-24-48(25-31-55)52-26-32-58-59-33-27-53(66-72-64(49-13-3-1-4-14-49)71-65(73-66)50-15-5-2-6-16-50)37-63(59)69(62(58)36-52)60-20-9-7-18-56(60)57-19-8-10-21-61(57)69/h1-33,35-37,45-46H,34,38-41,43H2. The van der Waals surface area contributed by atoms with Crippen LogP contribution < -0.4 is 0 Å². The largest absolute Gasteiger partial charge is 0.208 e. The van der Waals surface area contributed by atoms with Gasteiger partial charge in [0.05, 0.1) is 17.0 Å². The average molecular weight is 935 g/mol. The van der Waals surface area contributed by atoms with Crippen LogP contribution in [0.15, 0.2) is 218 Å². The number of fused-ring (bicyclic) bond motifs is 10. The summed E-state index contributed by atoms with van der Waals surface area (Å²) in [6, 6.07) is 82.3. The topological polar surface area (TPSA) is 62.5 Å². The van der Waals surface area contributed by atoms with Crippen molar-refractivity contribution >= 4 is 0 Å². The number of nitrogens with zero attached hydrogens (tertiary/aromatic N) is 4. The molecule has 346 valence electrons. The van der Waals surface area contributed by atoms with Crippen molar-refractivity contribution in [3.63, 3.8) is 0 Å². The summed E-state index contributed by atoms with van der Waals surface area (Å²) in [5.74, 6) is 3.47. The monoisotopic (exact) mass is 934 g/mol. The molecule has 0 amide bonds. The van der Waals surface area contributed by atoms with E-state index in [4.69, 9.17) is 15.0 Å². The third-order valence-electron chi connectivity index (χ3n) is 17.8. The molecule has 9 aromatic carbocycles. The highest BCUT2D eigenvalue weighted by Gasteiger charge is 2.59. The summed E-state index contributed by atoms with van der Waals surface area (Å²) in [7, 11) is 0. The van der Waals surface area contributed by atoms with Gasteiger partial charge in [0.1, 0.15) is 0 Å². The number of benzene rings is 9. The fraction of sp³-hybridized carbons (Fsp3) is 0.159. The smallest absolute Gasteiger partial charge is 0.164 e. The maximum atomic E-state index is 9.55. The summed E-state index contributed by atoms with van der Waals surface area (Å²) < 4.78 is 0. The van der Waals surface area contributed by atoms with E-state index in [1.54, 1.807) is 0 Å². The van der Waals surface area contributed by atoms with Gasteiger partial charge in [0.25, 0.3) is 0 Å². The molecular weight excluding hydrogens is 885 g/mol. The maximum absolute atomic E-state index is 9.55. The number of hydrogen-bond donors (Lipinski definition) is 0. The second-order valence-electron chi connectivity index (χ2n) is 21.8. The van der Waals surface area contributed by atoms with E-state index >= 15 is 0 Å². The van der Waals surface area contributed by atoms with E-state index in [-0.39, 0.29) is 10.8 Å². The van der Waals surface area contributed by atoms with E-state index in [1.165, 1.54) is 111 Å². The SMILES string of the molecule is N#Cc1cccc(-c2ccc(C34CC5CC(C3)CC(c3ccc(-c6ccc7c(c6)C6(c8ccccc8-c8ccccc86)c6cc(-c8nc(-c9ccccc9)nc(-c9ccccc9)n8)ccc6-7)cc3)(C5)C4)cc2)c1. The molecule has 1 aromatic heterocycles. The van der Waals surface area contributed by atoms with Crippen molar-refractivity contribution in [1.82, 2.24) is 15.0 Å². The number of nitriles is 1. The first-order chi connectivity index (χ1) is 36.0. The highest BCUT2D eigenvalue weighted by atomic mass is 15.0. The van der Waals surface area contributed by atoms with Crippen LogP contribution in [0.4, 0.5) is 0 Å². The lowest BCUT2D eigenvalue weighted by Crippen LogP contribution is -2.55. The predicted octanol–water partition coefficient (Wildman–Crippen LogP) is 16.2. The van der Waals surface area contributed by atoms with Gasteiger partial charge in [-0.25, -0.2) is 15.0 Å². The maximum Gasteiger partial charge on any atom is 0.164 e. The van der Waals surface area contributed by atoms with Crippen molar-refractivity contribution in [3.05, 3.63) is 257 Å². The minimum Gasteiger partial charge on any atom is -0.208 e. The van der Waals surface area contributed by atoms with Crippen LogP contribution in [0, 0.1) is 23.2 Å². The lowest BCUT2D eigenvalue weighted by molar-refractivity contribution is -0.0281. The van der Waals surface area contributed by atoms with Crippen molar-refractivity contribution in [3.8, 4) is 84.7 Å². The molecule has 4 fully saturated rings. The van der Waals surface area contributed by atoms with Crippen LogP contribution in [-0.2, 0) is 16.2 Å². The molecule has 2 atom stereocenters. The Morgan fingerprint density at radius 1 is 0.356 bits per heavy atom. The van der Waals surface area contributed by atoms with Crippen LogP contribution >= 0.6 is 0 Å². The van der Waals surface area contributed by atoms with Crippen molar-refractivity contribution in [2.75, 3.05) is 0 Å². The van der Waals surface area contributed by atoms with Gasteiger partial charge in [-0.3, -0.25) is 0 Å². The van der Waals surface area contributed by atoms with Gasteiger partial charge in [-0.15, -0.1) is 0 Å². The summed E-state index contributed by atoms with van der Waals surface area (Å²) in [6.07, 6.45) is 7.73. The Morgan fingerprint density at radius 2 is 0.767 bits per heavy atom. The molecule has 1 spiro atoms. The zero-order valence-electron chi connectivity index (χ0n) is 40.5. The molecule has 10 aromatic rings. The van der Waals surface area contributed by atoms with Gasteiger partial charge >= 0.3 is 0 Å². The summed E-state index contributed by atoms with van der Waals surface area (Å²) in [6.45, 7) is 0. The van der Waals surface area contributed by atoms with Crippen LogP contribution in [0.5, 0.6) is 0 Å². The first kappa shape index (κ1) is 42.2. The third-order valence-corrected chi connectivity index (χ3v) is 17.8. The van der Waals surface area contributed by atoms with E-state index in [0.717, 1.165) is 34.1 Å². The second-order valence-corrected chi connectivity index (χ2v) is 21.8. The first-order valence-electron chi connectivity index (χ1n) is 26.1. The van der Waals surface area contributed by atoms with Crippen LogP contribution in [0.2, 0.25) is 0 Å². The Balaban J connectivity index is 0.820. The van der Waals surface area contributed by atoms with Crippen LogP contribution in [-0.4, -0.2) is 15.0 Å². The fourth-order valence-electron chi connectivity index (χ4n) is 15.1. The second kappa shape index (κ2) is 16.0. The minimum atomic E-state index is -0.548. The van der Waals surface area contributed by atoms with Crippen LogP contribution in [0.25, 0.3) is 78.7 Å². The first-order valence-corrected chi connectivity index (χ1v) is 26.1. The normalized spacial score (nSPS) is 21.0. The summed E-state index contributed by atoms with van der Waals surface area (Å²) in [5.41, 5.74) is 21.5. The Labute approximate surface area is 426 Å². The lowest BCUT2D eigenvalue weighted by atomic mass is 9.41. The Kier molecular flexibility index (Phi) is 9.24. The van der Waals surface area contributed by atoms with Gasteiger partial charge in [0.2, 0.25) is 0 Å². The molecule has 4 saturated carbocycles. The molecule has 73 heavy (non-hydrogen) atoms. The Bertz CT molecular complexity index is 3770. The molecule has 6 aliphatic carbocycles. The molecule has 4 bridgehead atoms. The van der Waals surface area contributed by atoms with Gasteiger partial charge in [-0.2, -0.15) is 5.26 Å². The molecule has 2 unspecified atom stereocenters. The van der Waals surface area contributed by atoms with Crippen molar-refractivity contribution in [1.29, 1.82) is 5.26 Å². The van der Waals surface area contributed by atoms with Crippen molar-refractivity contribution < 1.29 is 0 Å². The summed E-state index contributed by atoms with van der Waals surface area (Å²) in [5, 5.41) is 9.55. The van der Waals surface area contributed by atoms with Gasteiger partial charge in [-0.05, 0) is 163 Å². The molecular formula is C69H50N4. The van der Waals surface area contributed by atoms with E-state index in [0.29, 0.717) is 23.0 Å². The molecule has 4 nitrogen and oxygen atoms in total. The average Bonchev–Trinajstić information content (AvgIpc) is 3.92. The highest BCUT2D eigenvalue weighted by molar-refractivity contribution is 5.96. The zero-order chi connectivity index (χ0) is 48.3. The minimum absolute atomic E-state index is 0.184. The van der Waals surface area contributed by atoms with Gasteiger partial charge in [0.15, 0.2) is 17.5 Å². The molecule has 6 aliphatic rings. The van der Waals surface area contributed by atoms with E-state index in [9.17, 15) is 5.26 Å². The quantitative estimate of drug-likeness (QED) is 0.160. The third kappa shape index (κ3) is 6.41.